The number of carbonyl (C=O) groups is 1. The Hall–Kier alpha value is -1.83. The molecule has 1 amide bonds. The van der Waals surface area contributed by atoms with Crippen LogP contribution in [0.4, 0.5) is 5.69 Å². The molecule has 2 aliphatic heterocycles. The monoisotopic (exact) mass is 376 g/mol. The highest BCUT2D eigenvalue weighted by Gasteiger charge is 2.42. The van der Waals surface area contributed by atoms with Crippen LogP contribution in [-0.2, 0) is 4.79 Å². The molecule has 0 bridgehead atoms. The van der Waals surface area contributed by atoms with Crippen molar-refractivity contribution < 1.29 is 24.5 Å². The van der Waals surface area contributed by atoms with Gasteiger partial charge >= 0.3 is 0 Å². The van der Waals surface area contributed by atoms with Gasteiger partial charge in [0.25, 0.3) is 0 Å². The fraction of sp³-hybridized carbons (Fsp3) is 0.650. The molecule has 0 unspecified atom stereocenters. The summed E-state index contributed by atoms with van der Waals surface area (Å²) in [5, 5.41) is 23.4. The summed E-state index contributed by atoms with van der Waals surface area (Å²) in [6.45, 7) is 2.29. The summed E-state index contributed by atoms with van der Waals surface area (Å²) in [4.78, 5) is 14.6. The number of carbonyl (C=O) groups excluding carboxylic acids is 1. The number of nitrogens with one attached hydrogen (secondary N) is 1. The summed E-state index contributed by atoms with van der Waals surface area (Å²) in [5.41, 5.74) is 0.684. The number of rotatable bonds is 3. The van der Waals surface area contributed by atoms with E-state index in [1.165, 1.54) is 0 Å². The normalized spacial score (nSPS) is 27.3. The van der Waals surface area contributed by atoms with Crippen molar-refractivity contribution in [1.29, 1.82) is 0 Å². The quantitative estimate of drug-likeness (QED) is 0.738. The zero-order valence-electron chi connectivity index (χ0n) is 15.5. The number of β-amino-alcohol motifs (C(OH)–C–C–N with tert-alkyl or cyclic N) is 1. The molecule has 3 aliphatic rings. The Morgan fingerprint density at radius 3 is 2.67 bits per heavy atom. The van der Waals surface area contributed by atoms with Crippen molar-refractivity contribution in [3.63, 3.8) is 0 Å². The first-order chi connectivity index (χ1) is 13.0. The Balaban J connectivity index is 1.40. The molecule has 7 nitrogen and oxygen atoms in total. The van der Waals surface area contributed by atoms with E-state index in [0.717, 1.165) is 32.2 Å². The average Bonchev–Trinajstić information content (AvgIpc) is 3.04. The highest BCUT2D eigenvalue weighted by atomic mass is 16.6. The van der Waals surface area contributed by atoms with Crippen LogP contribution in [0.5, 0.6) is 11.5 Å². The van der Waals surface area contributed by atoms with Crippen LogP contribution in [0, 0.1) is 5.41 Å². The summed E-state index contributed by atoms with van der Waals surface area (Å²) in [6.07, 6.45) is 3.50. The fourth-order valence-electron chi connectivity index (χ4n) is 4.70. The van der Waals surface area contributed by atoms with E-state index >= 15 is 0 Å². The molecular formula is C20H28N2O5. The van der Waals surface area contributed by atoms with Crippen molar-refractivity contribution in [3.05, 3.63) is 18.2 Å². The van der Waals surface area contributed by atoms with Crippen molar-refractivity contribution >= 4 is 11.6 Å². The van der Waals surface area contributed by atoms with E-state index in [4.69, 9.17) is 9.47 Å². The molecule has 7 heteroatoms. The standard InChI is InChI=1S/C20H28N2O5/c23-15-10-20(5-1-2-6-20)13-22(11-16(15)24)12-19(25)21-14-3-4-17-18(9-14)27-8-7-26-17/h3-4,9,15-16,23-24H,1-2,5-8,10-13H2,(H,21,25)/t15-,16+/m0/s1. The molecule has 1 aromatic carbocycles. The van der Waals surface area contributed by atoms with Crippen LogP contribution in [-0.4, -0.2) is 66.1 Å². The molecule has 148 valence electrons. The molecule has 1 saturated carbocycles. The second kappa shape index (κ2) is 7.66. The lowest BCUT2D eigenvalue weighted by Gasteiger charge is -2.32. The highest BCUT2D eigenvalue weighted by Crippen LogP contribution is 2.44. The zero-order valence-corrected chi connectivity index (χ0v) is 15.5. The Morgan fingerprint density at radius 2 is 1.89 bits per heavy atom. The van der Waals surface area contributed by atoms with Crippen LogP contribution in [0.3, 0.4) is 0 Å². The molecule has 1 spiro atoms. The van der Waals surface area contributed by atoms with Crippen molar-refractivity contribution in [1.82, 2.24) is 4.90 Å². The maximum absolute atomic E-state index is 12.6. The van der Waals surface area contributed by atoms with Crippen molar-refractivity contribution in [3.8, 4) is 11.5 Å². The van der Waals surface area contributed by atoms with Gasteiger partial charge in [-0.3, -0.25) is 9.69 Å². The molecule has 0 aromatic heterocycles. The van der Waals surface area contributed by atoms with Gasteiger partial charge in [-0.25, -0.2) is 0 Å². The van der Waals surface area contributed by atoms with Crippen LogP contribution in [0.25, 0.3) is 0 Å². The number of anilines is 1. The number of nitrogens with zero attached hydrogens (tertiary/aromatic N) is 1. The van der Waals surface area contributed by atoms with Crippen LogP contribution < -0.4 is 14.8 Å². The number of hydrogen-bond donors (Lipinski definition) is 3. The lowest BCUT2D eigenvalue weighted by Crippen LogP contribution is -2.41. The molecule has 27 heavy (non-hydrogen) atoms. The van der Waals surface area contributed by atoms with Gasteiger partial charge in [0, 0.05) is 24.8 Å². The third kappa shape index (κ3) is 4.20. The largest absolute Gasteiger partial charge is 0.486 e. The minimum absolute atomic E-state index is 0.0220. The lowest BCUT2D eigenvalue weighted by atomic mass is 9.80. The maximum atomic E-state index is 12.6. The molecule has 0 radical (unpaired) electrons. The summed E-state index contributed by atoms with van der Waals surface area (Å²) in [6, 6.07) is 5.36. The Kier molecular flexibility index (Phi) is 5.25. The molecule has 3 N–H and O–H groups in total. The van der Waals surface area contributed by atoms with E-state index in [0.29, 0.717) is 43.4 Å². The predicted molar refractivity (Wildman–Crippen MR) is 100 cm³/mol. The second-order valence-electron chi connectivity index (χ2n) is 8.12. The van der Waals surface area contributed by atoms with Gasteiger partial charge in [-0.2, -0.15) is 0 Å². The van der Waals surface area contributed by atoms with Gasteiger partial charge in [0.05, 0.1) is 18.8 Å². The summed E-state index contributed by atoms with van der Waals surface area (Å²) >= 11 is 0. The Bertz CT molecular complexity index is 689. The molecule has 1 saturated heterocycles. The molecule has 2 atom stereocenters. The first-order valence-electron chi connectivity index (χ1n) is 9.81. The second-order valence-corrected chi connectivity index (χ2v) is 8.12. The van der Waals surface area contributed by atoms with E-state index in [1.54, 1.807) is 18.2 Å². The smallest absolute Gasteiger partial charge is 0.238 e. The molecule has 1 aromatic rings. The van der Waals surface area contributed by atoms with Gasteiger partial charge in [-0.1, -0.05) is 12.8 Å². The number of amides is 1. The molecule has 2 fully saturated rings. The van der Waals surface area contributed by atoms with Crippen LogP contribution in [0.15, 0.2) is 18.2 Å². The van der Waals surface area contributed by atoms with Crippen LogP contribution in [0.2, 0.25) is 0 Å². The third-order valence-corrected chi connectivity index (χ3v) is 5.95. The molecular weight excluding hydrogens is 348 g/mol. The van der Waals surface area contributed by atoms with E-state index < -0.39 is 12.2 Å². The highest BCUT2D eigenvalue weighted by molar-refractivity contribution is 5.92. The first-order valence-corrected chi connectivity index (χ1v) is 9.81. The van der Waals surface area contributed by atoms with Crippen molar-refractivity contribution in [2.24, 2.45) is 5.41 Å². The van der Waals surface area contributed by atoms with Crippen molar-refractivity contribution in [2.75, 3.05) is 38.2 Å². The van der Waals surface area contributed by atoms with E-state index in [1.807, 2.05) is 4.90 Å². The predicted octanol–water partition coefficient (Wildman–Crippen LogP) is 1.38. The van der Waals surface area contributed by atoms with Gasteiger partial charge in [-0.05, 0) is 36.8 Å². The van der Waals surface area contributed by atoms with Gasteiger partial charge in [0.2, 0.25) is 5.91 Å². The van der Waals surface area contributed by atoms with Gasteiger partial charge in [-0.15, -0.1) is 0 Å². The number of fused-ring (bicyclic) bond motifs is 1. The number of ether oxygens (including phenoxy) is 2. The minimum atomic E-state index is -0.813. The zero-order chi connectivity index (χ0) is 18.9. The van der Waals surface area contributed by atoms with Crippen molar-refractivity contribution in [2.45, 2.75) is 44.3 Å². The summed E-state index contributed by atoms with van der Waals surface area (Å²) in [7, 11) is 0. The number of aliphatic hydroxyl groups is 2. The van der Waals surface area contributed by atoms with E-state index in [2.05, 4.69) is 5.32 Å². The number of aliphatic hydroxyl groups excluding tert-OH is 2. The number of hydrogen-bond acceptors (Lipinski definition) is 6. The SMILES string of the molecule is O=C(CN1C[C@@H](O)[C@@H](O)CC2(CCCC2)C1)Nc1ccc2c(c1)OCCO2. The van der Waals surface area contributed by atoms with E-state index in [-0.39, 0.29) is 17.9 Å². The van der Waals surface area contributed by atoms with Gasteiger partial charge in [0.1, 0.15) is 13.2 Å². The summed E-state index contributed by atoms with van der Waals surface area (Å²) in [5.74, 6) is 1.19. The van der Waals surface area contributed by atoms with Gasteiger partial charge < -0.3 is 25.0 Å². The fourth-order valence-corrected chi connectivity index (χ4v) is 4.70. The number of benzene rings is 1. The molecule has 1 aliphatic carbocycles. The third-order valence-electron chi connectivity index (χ3n) is 5.95. The van der Waals surface area contributed by atoms with Crippen LogP contribution >= 0.6 is 0 Å². The lowest BCUT2D eigenvalue weighted by molar-refractivity contribution is -0.117. The summed E-state index contributed by atoms with van der Waals surface area (Å²) < 4.78 is 11.1. The molecule has 4 rings (SSSR count). The van der Waals surface area contributed by atoms with E-state index in [9.17, 15) is 15.0 Å². The Labute approximate surface area is 159 Å². The van der Waals surface area contributed by atoms with Crippen LogP contribution in [0.1, 0.15) is 32.1 Å². The Morgan fingerprint density at radius 1 is 1.15 bits per heavy atom. The maximum Gasteiger partial charge on any atom is 0.238 e. The minimum Gasteiger partial charge on any atom is -0.486 e. The number of likely N-dealkylation sites (tertiary alicyclic amines) is 1. The average molecular weight is 376 g/mol. The topological polar surface area (TPSA) is 91.3 Å². The first kappa shape index (κ1) is 18.5. The molecule has 2 heterocycles. The van der Waals surface area contributed by atoms with Gasteiger partial charge in [0.15, 0.2) is 11.5 Å².